The molecule has 4 heterocycles. The van der Waals surface area contributed by atoms with E-state index in [4.69, 9.17) is 0 Å². The molecule has 6 rings (SSSR count). The normalized spacial score (nSPS) is 15.0. The van der Waals surface area contributed by atoms with E-state index in [1.807, 2.05) is 24.1 Å². The van der Waals surface area contributed by atoms with Gasteiger partial charge in [-0.15, -0.1) is 10.2 Å². The Morgan fingerprint density at radius 2 is 1.62 bits per heavy atom. The maximum absolute atomic E-state index is 4.56. The fourth-order valence-electron chi connectivity index (χ4n) is 5.25. The first-order valence-electron chi connectivity index (χ1n) is 11.8. The molecule has 1 aliphatic rings. The van der Waals surface area contributed by atoms with Gasteiger partial charge in [0.15, 0.2) is 5.65 Å². The number of aromatic amines is 1. The smallest absolute Gasteiger partial charge is 0.160 e. The molecule has 2 aromatic carbocycles. The van der Waals surface area contributed by atoms with Gasteiger partial charge in [0.25, 0.3) is 0 Å². The van der Waals surface area contributed by atoms with E-state index in [0.29, 0.717) is 0 Å². The Morgan fingerprint density at radius 1 is 0.853 bits per heavy atom. The summed E-state index contributed by atoms with van der Waals surface area (Å²) >= 11 is 0. The van der Waals surface area contributed by atoms with Crippen LogP contribution in [0.1, 0.15) is 11.1 Å². The molecule has 0 unspecified atom stereocenters. The van der Waals surface area contributed by atoms with E-state index in [1.54, 1.807) is 0 Å². The van der Waals surface area contributed by atoms with Gasteiger partial charge in [-0.05, 0) is 67.9 Å². The number of H-pyrrole nitrogens is 1. The van der Waals surface area contributed by atoms with Gasteiger partial charge in [0.05, 0.1) is 11.2 Å². The van der Waals surface area contributed by atoms with Gasteiger partial charge in [-0.1, -0.05) is 6.07 Å². The van der Waals surface area contributed by atoms with Crippen LogP contribution in [0.25, 0.3) is 44.3 Å². The lowest BCUT2D eigenvalue weighted by Crippen LogP contribution is -2.45. The average molecular weight is 452 g/mol. The van der Waals surface area contributed by atoms with E-state index in [-0.39, 0.29) is 0 Å². The fourth-order valence-corrected chi connectivity index (χ4v) is 5.25. The van der Waals surface area contributed by atoms with Gasteiger partial charge >= 0.3 is 0 Å². The first kappa shape index (κ1) is 20.9. The summed E-state index contributed by atoms with van der Waals surface area (Å²) in [4.78, 5) is 8.20. The average Bonchev–Trinajstić information content (AvgIpc) is 3.41. The van der Waals surface area contributed by atoms with Gasteiger partial charge in [0.2, 0.25) is 0 Å². The summed E-state index contributed by atoms with van der Waals surface area (Å²) in [6.45, 7) is 8.75. The highest BCUT2D eigenvalue weighted by Crippen LogP contribution is 2.34. The van der Waals surface area contributed by atoms with E-state index in [0.717, 1.165) is 70.5 Å². The van der Waals surface area contributed by atoms with Gasteiger partial charge in [-0.3, -0.25) is 4.68 Å². The van der Waals surface area contributed by atoms with Crippen LogP contribution in [0.5, 0.6) is 0 Å². The first-order valence-corrected chi connectivity index (χ1v) is 11.8. The second kappa shape index (κ2) is 7.95. The third kappa shape index (κ3) is 3.53. The molecule has 5 aromatic rings. The minimum absolute atomic E-state index is 0.799. The molecule has 1 fully saturated rings. The zero-order valence-electron chi connectivity index (χ0n) is 20.1. The molecule has 0 aliphatic carbocycles. The Balaban J connectivity index is 1.39. The van der Waals surface area contributed by atoms with Crippen molar-refractivity contribution in [2.75, 3.05) is 38.1 Å². The first-order chi connectivity index (χ1) is 16.5. The Kier molecular flexibility index (Phi) is 4.88. The van der Waals surface area contributed by atoms with Crippen LogP contribution in [0.4, 0.5) is 5.69 Å². The molecule has 1 saturated heterocycles. The third-order valence-electron chi connectivity index (χ3n) is 6.97. The van der Waals surface area contributed by atoms with E-state index < -0.39 is 0 Å². The number of likely N-dealkylation sites (N-methyl/N-ethyl adjacent to an activating group) is 1. The molecule has 0 bridgehead atoms. The number of fused-ring (bicyclic) bond motifs is 2. The highest BCUT2D eigenvalue weighted by Gasteiger charge is 2.19. The van der Waals surface area contributed by atoms with E-state index in [1.165, 1.54) is 16.8 Å². The van der Waals surface area contributed by atoms with Gasteiger partial charge in [0, 0.05) is 73.2 Å². The molecule has 1 N–H and O–H groups in total. The van der Waals surface area contributed by atoms with Crippen LogP contribution < -0.4 is 4.90 Å². The Labute approximate surface area is 199 Å². The van der Waals surface area contributed by atoms with Crippen LogP contribution in [0, 0.1) is 13.8 Å². The number of benzene rings is 2. The molecule has 0 spiro atoms. The van der Waals surface area contributed by atoms with Crippen molar-refractivity contribution in [2.24, 2.45) is 7.05 Å². The number of hydrogen-bond acceptors (Lipinski definition) is 5. The Morgan fingerprint density at radius 3 is 2.38 bits per heavy atom. The topological polar surface area (TPSA) is 65.9 Å². The van der Waals surface area contributed by atoms with Crippen molar-refractivity contribution in [1.82, 2.24) is 29.9 Å². The van der Waals surface area contributed by atoms with Crippen LogP contribution in [-0.2, 0) is 7.05 Å². The number of aromatic nitrogens is 5. The summed E-state index contributed by atoms with van der Waals surface area (Å²) in [6, 6.07) is 13.0. The molecule has 0 saturated carbocycles. The van der Waals surface area contributed by atoms with Crippen molar-refractivity contribution in [3.63, 3.8) is 0 Å². The van der Waals surface area contributed by atoms with Gasteiger partial charge in [-0.25, -0.2) is 0 Å². The Hall–Kier alpha value is -3.71. The summed E-state index contributed by atoms with van der Waals surface area (Å²) < 4.78 is 1.85. The lowest BCUT2D eigenvalue weighted by molar-refractivity contribution is 0.312. The summed E-state index contributed by atoms with van der Waals surface area (Å²) in [5.41, 5.74) is 10.0. The fraction of sp³-hybridized carbons (Fsp3) is 0.296. The third-order valence-corrected chi connectivity index (χ3v) is 6.97. The lowest BCUT2D eigenvalue weighted by atomic mass is 9.99. The second-order valence-corrected chi connectivity index (χ2v) is 9.52. The quantitative estimate of drug-likeness (QED) is 0.436. The molecule has 34 heavy (non-hydrogen) atoms. The van der Waals surface area contributed by atoms with Crippen LogP contribution in [0.15, 0.2) is 48.8 Å². The molecule has 1 aliphatic heterocycles. The molecular weight excluding hydrogens is 422 g/mol. The molecule has 0 radical (unpaired) electrons. The zero-order valence-corrected chi connectivity index (χ0v) is 20.1. The summed E-state index contributed by atoms with van der Waals surface area (Å²) in [6.07, 6.45) is 4.07. The van der Waals surface area contributed by atoms with Crippen molar-refractivity contribution in [2.45, 2.75) is 13.8 Å². The predicted octanol–water partition coefficient (Wildman–Crippen LogP) is 4.55. The van der Waals surface area contributed by atoms with Gasteiger partial charge in [0.1, 0.15) is 0 Å². The zero-order chi connectivity index (χ0) is 23.4. The number of anilines is 1. The second-order valence-electron chi connectivity index (χ2n) is 9.52. The monoisotopic (exact) mass is 451 g/mol. The number of nitrogens with zero attached hydrogens (tertiary/aromatic N) is 6. The Bertz CT molecular complexity index is 1500. The number of nitrogens with one attached hydrogen (secondary N) is 1. The van der Waals surface area contributed by atoms with Gasteiger partial charge < -0.3 is 14.8 Å². The largest absolute Gasteiger partial charge is 0.369 e. The number of piperazine rings is 1. The maximum atomic E-state index is 4.56. The highest BCUT2D eigenvalue weighted by molar-refractivity contribution is 5.97. The van der Waals surface area contributed by atoms with Crippen molar-refractivity contribution < 1.29 is 0 Å². The number of rotatable bonds is 3. The van der Waals surface area contributed by atoms with Crippen LogP contribution in [0.3, 0.4) is 0 Å². The van der Waals surface area contributed by atoms with Crippen LogP contribution >= 0.6 is 0 Å². The van der Waals surface area contributed by atoms with E-state index >= 15 is 0 Å². The molecule has 172 valence electrons. The minimum Gasteiger partial charge on any atom is -0.369 e. The van der Waals surface area contributed by atoms with Crippen LogP contribution in [-0.4, -0.2) is 63.1 Å². The van der Waals surface area contributed by atoms with Gasteiger partial charge in [-0.2, -0.15) is 5.10 Å². The molecule has 7 nitrogen and oxygen atoms in total. The molecular formula is C27H29N7. The standard InChI is InChI=1S/C27H29N7/c1-17-11-20(12-18(2)26(17)34-9-7-32(3)8-10-34)25-14-22-23(15-28-27(22)30-29-25)19-5-6-24-21(13-19)16-33(4)31-24/h5-6,11-16H,7-10H2,1-4H3,(H,28,30). The minimum atomic E-state index is 0.799. The van der Waals surface area contributed by atoms with E-state index in [2.05, 4.69) is 87.4 Å². The van der Waals surface area contributed by atoms with Crippen molar-refractivity contribution in [3.05, 3.63) is 59.9 Å². The maximum Gasteiger partial charge on any atom is 0.160 e. The SMILES string of the molecule is Cc1cc(-c2cc3c(-c4ccc5nn(C)cc5c4)c[nH]c3nn2)cc(C)c1N1CCN(C)CC1. The molecule has 3 aromatic heterocycles. The predicted molar refractivity (Wildman–Crippen MR) is 138 cm³/mol. The van der Waals surface area contributed by atoms with Crippen molar-refractivity contribution in [1.29, 1.82) is 0 Å². The number of hydrogen-bond donors (Lipinski definition) is 1. The van der Waals surface area contributed by atoms with E-state index in [9.17, 15) is 0 Å². The molecule has 7 heteroatoms. The summed E-state index contributed by atoms with van der Waals surface area (Å²) in [5.74, 6) is 0. The lowest BCUT2D eigenvalue weighted by Gasteiger charge is -2.36. The summed E-state index contributed by atoms with van der Waals surface area (Å²) in [7, 11) is 4.14. The number of aryl methyl sites for hydroxylation is 3. The highest BCUT2D eigenvalue weighted by atomic mass is 15.3. The van der Waals surface area contributed by atoms with Crippen molar-refractivity contribution >= 4 is 27.6 Å². The summed E-state index contributed by atoms with van der Waals surface area (Å²) in [5, 5.41) is 15.8. The molecule has 0 atom stereocenters. The van der Waals surface area contributed by atoms with Crippen LogP contribution in [0.2, 0.25) is 0 Å². The van der Waals surface area contributed by atoms with Crippen molar-refractivity contribution in [3.8, 4) is 22.4 Å². The molecule has 0 amide bonds.